The SMILES string of the molecule is COC(=O)c1cccc(Cc2c(-c3ccoc3)[nH]c3cc(C)ccc23)n1. The maximum absolute atomic E-state index is 11.8. The van der Waals surface area contributed by atoms with E-state index in [-0.39, 0.29) is 0 Å². The molecule has 26 heavy (non-hydrogen) atoms. The van der Waals surface area contributed by atoms with Gasteiger partial charge in [0.25, 0.3) is 0 Å². The van der Waals surface area contributed by atoms with Crippen molar-refractivity contribution in [2.24, 2.45) is 0 Å². The Balaban J connectivity index is 1.83. The Morgan fingerprint density at radius 3 is 2.88 bits per heavy atom. The molecule has 0 saturated carbocycles. The van der Waals surface area contributed by atoms with Gasteiger partial charge < -0.3 is 14.1 Å². The van der Waals surface area contributed by atoms with Crippen LogP contribution in [0.1, 0.15) is 27.3 Å². The fourth-order valence-electron chi connectivity index (χ4n) is 3.18. The van der Waals surface area contributed by atoms with E-state index < -0.39 is 5.97 Å². The van der Waals surface area contributed by atoms with Crippen LogP contribution in [0.3, 0.4) is 0 Å². The van der Waals surface area contributed by atoms with Crippen molar-refractivity contribution in [3.63, 3.8) is 0 Å². The molecule has 0 amide bonds. The number of pyridine rings is 1. The van der Waals surface area contributed by atoms with E-state index in [0.29, 0.717) is 12.1 Å². The van der Waals surface area contributed by atoms with E-state index >= 15 is 0 Å². The summed E-state index contributed by atoms with van der Waals surface area (Å²) in [5.41, 5.74) is 6.48. The number of hydrogen-bond acceptors (Lipinski definition) is 4. The number of aryl methyl sites for hydroxylation is 1. The molecular formula is C21H18N2O3. The van der Waals surface area contributed by atoms with E-state index in [1.807, 2.05) is 18.2 Å². The molecule has 4 aromatic rings. The minimum Gasteiger partial charge on any atom is -0.472 e. The first-order valence-electron chi connectivity index (χ1n) is 8.33. The van der Waals surface area contributed by atoms with Crippen LogP contribution in [0, 0.1) is 6.92 Å². The lowest BCUT2D eigenvalue weighted by Gasteiger charge is -2.05. The van der Waals surface area contributed by atoms with Crippen LogP contribution < -0.4 is 0 Å². The number of ether oxygens (including phenoxy) is 1. The average Bonchev–Trinajstić information content (AvgIpc) is 3.29. The van der Waals surface area contributed by atoms with Crippen molar-refractivity contribution in [2.45, 2.75) is 13.3 Å². The number of carbonyl (C=O) groups excluding carboxylic acids is 1. The Bertz CT molecular complexity index is 1080. The number of rotatable bonds is 4. The maximum atomic E-state index is 11.8. The summed E-state index contributed by atoms with van der Waals surface area (Å²) in [5.74, 6) is -0.434. The van der Waals surface area contributed by atoms with Gasteiger partial charge in [0.2, 0.25) is 0 Å². The van der Waals surface area contributed by atoms with Gasteiger partial charge in [-0.1, -0.05) is 18.2 Å². The molecule has 130 valence electrons. The van der Waals surface area contributed by atoms with Crippen molar-refractivity contribution in [2.75, 3.05) is 7.11 Å². The number of furan rings is 1. The molecule has 0 atom stereocenters. The molecule has 0 aliphatic heterocycles. The molecule has 0 aliphatic carbocycles. The molecule has 0 aliphatic rings. The number of hydrogen-bond donors (Lipinski definition) is 1. The number of aromatic amines is 1. The lowest BCUT2D eigenvalue weighted by Crippen LogP contribution is -2.06. The fourth-order valence-corrected chi connectivity index (χ4v) is 3.18. The zero-order valence-electron chi connectivity index (χ0n) is 14.6. The number of fused-ring (bicyclic) bond motifs is 1. The minimum atomic E-state index is -0.434. The standard InChI is InChI=1S/C21H18N2O3/c1-13-6-7-16-17(11-15-4-3-5-18(22-15)21(24)25-2)20(23-19(16)10-13)14-8-9-26-12-14/h3-10,12,23H,11H2,1-2H3. The molecule has 0 unspecified atom stereocenters. The average molecular weight is 346 g/mol. The Morgan fingerprint density at radius 2 is 2.12 bits per heavy atom. The van der Waals surface area contributed by atoms with Gasteiger partial charge >= 0.3 is 5.97 Å². The lowest BCUT2D eigenvalue weighted by atomic mass is 10.0. The van der Waals surface area contributed by atoms with Crippen LogP contribution in [-0.2, 0) is 11.2 Å². The highest BCUT2D eigenvalue weighted by molar-refractivity contribution is 5.91. The zero-order chi connectivity index (χ0) is 18.1. The number of benzene rings is 1. The first-order valence-corrected chi connectivity index (χ1v) is 8.33. The van der Waals surface area contributed by atoms with Gasteiger partial charge in [-0.3, -0.25) is 0 Å². The molecule has 1 aromatic carbocycles. The first kappa shape index (κ1) is 16.1. The third kappa shape index (κ3) is 2.88. The van der Waals surface area contributed by atoms with Crippen molar-refractivity contribution in [1.29, 1.82) is 0 Å². The summed E-state index contributed by atoms with van der Waals surface area (Å²) >= 11 is 0. The van der Waals surface area contributed by atoms with E-state index in [4.69, 9.17) is 9.15 Å². The monoisotopic (exact) mass is 346 g/mol. The number of carbonyl (C=O) groups is 1. The number of methoxy groups -OCH3 is 1. The van der Waals surface area contributed by atoms with E-state index in [9.17, 15) is 4.79 Å². The van der Waals surface area contributed by atoms with Crippen molar-refractivity contribution in [1.82, 2.24) is 9.97 Å². The Morgan fingerprint density at radius 1 is 1.23 bits per heavy atom. The third-order valence-corrected chi connectivity index (χ3v) is 4.43. The topological polar surface area (TPSA) is 68.1 Å². The van der Waals surface area contributed by atoms with E-state index in [1.165, 1.54) is 12.7 Å². The predicted molar refractivity (Wildman–Crippen MR) is 99.1 cm³/mol. The molecule has 3 aromatic heterocycles. The largest absolute Gasteiger partial charge is 0.472 e. The molecule has 1 N–H and O–H groups in total. The zero-order valence-corrected chi connectivity index (χ0v) is 14.6. The van der Waals surface area contributed by atoms with Crippen molar-refractivity contribution < 1.29 is 13.9 Å². The van der Waals surface area contributed by atoms with Gasteiger partial charge in [-0.2, -0.15) is 0 Å². The number of H-pyrrole nitrogens is 1. The van der Waals surface area contributed by atoms with Crippen LogP contribution in [0.15, 0.2) is 59.4 Å². The van der Waals surface area contributed by atoms with Crippen LogP contribution in [0.5, 0.6) is 0 Å². The summed E-state index contributed by atoms with van der Waals surface area (Å²) < 4.78 is 10.0. The van der Waals surface area contributed by atoms with E-state index in [2.05, 4.69) is 35.1 Å². The smallest absolute Gasteiger partial charge is 0.356 e. The summed E-state index contributed by atoms with van der Waals surface area (Å²) in [5, 5.41) is 1.14. The number of nitrogens with one attached hydrogen (secondary N) is 1. The first-order chi connectivity index (χ1) is 12.7. The normalized spacial score (nSPS) is 11.0. The quantitative estimate of drug-likeness (QED) is 0.552. The molecule has 5 nitrogen and oxygen atoms in total. The van der Waals surface area contributed by atoms with Crippen LogP contribution in [0.25, 0.3) is 22.2 Å². The summed E-state index contributed by atoms with van der Waals surface area (Å²) in [7, 11) is 1.36. The van der Waals surface area contributed by atoms with Crippen LogP contribution in [0.4, 0.5) is 0 Å². The molecule has 0 saturated heterocycles. The molecule has 0 spiro atoms. The minimum absolute atomic E-state index is 0.311. The summed E-state index contributed by atoms with van der Waals surface area (Å²) in [6.45, 7) is 2.07. The second kappa shape index (κ2) is 6.52. The Hall–Kier alpha value is -3.34. The van der Waals surface area contributed by atoms with Gasteiger partial charge in [0, 0.05) is 28.6 Å². The van der Waals surface area contributed by atoms with Gasteiger partial charge in [-0.15, -0.1) is 0 Å². The van der Waals surface area contributed by atoms with E-state index in [0.717, 1.165) is 33.4 Å². The van der Waals surface area contributed by atoms with E-state index in [1.54, 1.807) is 18.6 Å². The highest BCUT2D eigenvalue weighted by Gasteiger charge is 2.16. The summed E-state index contributed by atoms with van der Waals surface area (Å²) in [6.07, 6.45) is 3.97. The van der Waals surface area contributed by atoms with Crippen molar-refractivity contribution in [3.05, 3.63) is 77.5 Å². The highest BCUT2D eigenvalue weighted by Crippen LogP contribution is 2.32. The van der Waals surface area contributed by atoms with Crippen LogP contribution >= 0.6 is 0 Å². The summed E-state index contributed by atoms with van der Waals surface area (Å²) in [4.78, 5) is 19.7. The Labute approximate surface area is 150 Å². The molecule has 0 radical (unpaired) electrons. The molecule has 5 heteroatoms. The lowest BCUT2D eigenvalue weighted by molar-refractivity contribution is 0.0593. The molecular weight excluding hydrogens is 328 g/mol. The van der Waals surface area contributed by atoms with Gasteiger partial charge in [-0.05, 0) is 42.3 Å². The highest BCUT2D eigenvalue weighted by atomic mass is 16.5. The van der Waals surface area contributed by atoms with Gasteiger partial charge in [0.05, 0.1) is 25.3 Å². The van der Waals surface area contributed by atoms with Gasteiger partial charge in [0.1, 0.15) is 5.69 Å². The molecule has 4 rings (SSSR count). The second-order valence-corrected chi connectivity index (χ2v) is 6.22. The van der Waals surface area contributed by atoms with Crippen LogP contribution in [-0.4, -0.2) is 23.0 Å². The van der Waals surface area contributed by atoms with Gasteiger partial charge in [0.15, 0.2) is 0 Å². The molecule has 0 bridgehead atoms. The third-order valence-electron chi connectivity index (χ3n) is 4.43. The Kier molecular flexibility index (Phi) is 4.05. The van der Waals surface area contributed by atoms with Gasteiger partial charge in [-0.25, -0.2) is 9.78 Å². The number of esters is 1. The van der Waals surface area contributed by atoms with Crippen LogP contribution in [0.2, 0.25) is 0 Å². The molecule has 3 heterocycles. The van der Waals surface area contributed by atoms with Crippen molar-refractivity contribution >= 4 is 16.9 Å². The number of nitrogens with zero attached hydrogens (tertiary/aromatic N) is 1. The molecule has 0 fully saturated rings. The number of aromatic nitrogens is 2. The maximum Gasteiger partial charge on any atom is 0.356 e. The second-order valence-electron chi connectivity index (χ2n) is 6.22. The fraction of sp³-hybridized carbons (Fsp3) is 0.143. The summed E-state index contributed by atoms with van der Waals surface area (Å²) in [6, 6.07) is 13.7. The predicted octanol–water partition coefficient (Wildman–Crippen LogP) is 4.51. The van der Waals surface area contributed by atoms with Crippen molar-refractivity contribution in [3.8, 4) is 11.3 Å².